The van der Waals surface area contributed by atoms with Crippen LogP contribution < -0.4 is 0 Å². The lowest BCUT2D eigenvalue weighted by Crippen LogP contribution is -1.83. The Balaban J connectivity index is 4.14. The summed E-state index contributed by atoms with van der Waals surface area (Å²) in [7, 11) is 0. The molecule has 0 aliphatic heterocycles. The lowest BCUT2D eigenvalue weighted by atomic mass is 10.4. The molecule has 0 unspecified atom stereocenters. The monoisotopic (exact) mass is 394 g/mol. The lowest BCUT2D eigenvalue weighted by molar-refractivity contribution is -0.110. The van der Waals surface area contributed by atoms with Gasteiger partial charge in [0.15, 0.2) is 5.78 Å². The molecular formula is C5H2Br4O. The van der Waals surface area contributed by atoms with Crippen molar-refractivity contribution < 1.29 is 4.79 Å². The summed E-state index contributed by atoms with van der Waals surface area (Å²) in [6.07, 6.45) is 2.81. The molecule has 0 bridgehead atoms. The zero-order valence-corrected chi connectivity index (χ0v) is 10.9. The Bertz CT molecular complexity index is 166. The second-order valence-electron chi connectivity index (χ2n) is 1.27. The van der Waals surface area contributed by atoms with Crippen LogP contribution in [0.2, 0.25) is 0 Å². The first-order valence-corrected chi connectivity index (χ1v) is 5.29. The van der Waals surface area contributed by atoms with E-state index < -0.39 is 0 Å². The van der Waals surface area contributed by atoms with Crippen molar-refractivity contribution in [2.45, 2.75) is 0 Å². The van der Waals surface area contributed by atoms with Crippen molar-refractivity contribution in [2.75, 3.05) is 0 Å². The predicted octanol–water partition coefficient (Wildman–Crippen LogP) is 3.82. The maximum Gasteiger partial charge on any atom is 0.181 e. The van der Waals surface area contributed by atoms with E-state index in [1.165, 1.54) is 12.2 Å². The number of rotatable bonds is 2. The molecular weight excluding hydrogens is 396 g/mol. The molecule has 1 nitrogen and oxygen atoms in total. The number of carbonyl (C=O) groups is 1. The molecule has 10 heavy (non-hydrogen) atoms. The van der Waals surface area contributed by atoms with Crippen LogP contribution in [-0.2, 0) is 4.79 Å². The molecule has 0 aliphatic rings. The van der Waals surface area contributed by atoms with Crippen LogP contribution in [0.15, 0.2) is 18.9 Å². The lowest BCUT2D eigenvalue weighted by Gasteiger charge is -1.83. The molecule has 0 atom stereocenters. The maximum atomic E-state index is 10.8. The van der Waals surface area contributed by atoms with Crippen LogP contribution in [0.3, 0.4) is 0 Å². The summed E-state index contributed by atoms with van der Waals surface area (Å²) in [6.45, 7) is 0. The molecule has 0 radical (unpaired) electrons. The quantitative estimate of drug-likeness (QED) is 0.648. The third-order valence-corrected chi connectivity index (χ3v) is 1.42. The second kappa shape index (κ2) is 5.69. The molecule has 0 heterocycles. The van der Waals surface area contributed by atoms with Crippen LogP contribution in [0.25, 0.3) is 0 Å². The Kier molecular flexibility index (Phi) is 6.29. The van der Waals surface area contributed by atoms with E-state index >= 15 is 0 Å². The highest BCUT2D eigenvalue weighted by atomic mass is 79.9. The molecule has 0 fully saturated rings. The number of carbonyl (C=O) groups excluding carboxylic acids is 1. The second-order valence-corrected chi connectivity index (χ2v) is 6.82. The molecule has 0 amide bonds. The van der Waals surface area contributed by atoms with Gasteiger partial charge in [-0.15, -0.1) is 0 Å². The minimum absolute atomic E-state index is 0.104. The van der Waals surface area contributed by atoms with Crippen molar-refractivity contribution in [1.82, 2.24) is 0 Å². The average molecular weight is 398 g/mol. The largest absolute Gasteiger partial charge is 0.290 e. The Morgan fingerprint density at radius 2 is 1.20 bits per heavy atom. The third-order valence-electron chi connectivity index (χ3n) is 0.503. The summed E-state index contributed by atoms with van der Waals surface area (Å²) >= 11 is 12.2. The van der Waals surface area contributed by atoms with E-state index in [1.807, 2.05) is 0 Å². The number of hydrogen-bond acceptors (Lipinski definition) is 1. The zero-order chi connectivity index (χ0) is 8.15. The first-order chi connectivity index (χ1) is 4.52. The van der Waals surface area contributed by atoms with Gasteiger partial charge in [-0.3, -0.25) is 4.79 Å². The Hall–Kier alpha value is 1.07. The summed E-state index contributed by atoms with van der Waals surface area (Å²) in [5.41, 5.74) is 0. The summed E-state index contributed by atoms with van der Waals surface area (Å²) < 4.78 is 1.25. The minimum Gasteiger partial charge on any atom is -0.290 e. The van der Waals surface area contributed by atoms with E-state index in [0.29, 0.717) is 6.78 Å². The highest BCUT2D eigenvalue weighted by molar-refractivity contribution is 9.28. The van der Waals surface area contributed by atoms with E-state index in [4.69, 9.17) is 0 Å². The minimum atomic E-state index is -0.104. The molecule has 0 aromatic heterocycles. The van der Waals surface area contributed by atoms with E-state index in [1.54, 1.807) is 0 Å². The molecule has 5 heteroatoms. The summed E-state index contributed by atoms with van der Waals surface area (Å²) in [5, 5.41) is 0. The fourth-order valence-electron chi connectivity index (χ4n) is 0.257. The molecule has 0 rings (SSSR count). The van der Waals surface area contributed by atoms with E-state index in [0.717, 1.165) is 0 Å². The predicted molar refractivity (Wildman–Crippen MR) is 56.9 cm³/mol. The molecule has 0 spiro atoms. The highest BCUT2D eigenvalue weighted by Gasteiger charge is 1.93. The number of halogens is 4. The molecule has 0 saturated heterocycles. The topological polar surface area (TPSA) is 17.1 Å². The molecule has 0 saturated carbocycles. The molecule has 56 valence electrons. The van der Waals surface area contributed by atoms with Gasteiger partial charge < -0.3 is 0 Å². The van der Waals surface area contributed by atoms with Crippen LogP contribution in [0.5, 0.6) is 0 Å². The SMILES string of the molecule is O=C(C=C(Br)Br)C=C(Br)Br. The van der Waals surface area contributed by atoms with Gasteiger partial charge in [-0.05, 0) is 63.7 Å². The highest BCUT2D eigenvalue weighted by Crippen LogP contribution is 2.16. The van der Waals surface area contributed by atoms with E-state index in [-0.39, 0.29) is 5.78 Å². The Morgan fingerprint density at radius 1 is 0.900 bits per heavy atom. The van der Waals surface area contributed by atoms with Gasteiger partial charge in [0.2, 0.25) is 0 Å². The van der Waals surface area contributed by atoms with Crippen molar-refractivity contribution in [3.8, 4) is 0 Å². The molecule has 0 aromatic carbocycles. The molecule has 0 aliphatic carbocycles. The summed E-state index contributed by atoms with van der Waals surface area (Å²) in [4.78, 5) is 10.8. The van der Waals surface area contributed by atoms with Gasteiger partial charge in [0.25, 0.3) is 0 Å². The average Bonchev–Trinajstić information content (AvgIpc) is 1.58. The van der Waals surface area contributed by atoms with Gasteiger partial charge in [0, 0.05) is 12.2 Å². The van der Waals surface area contributed by atoms with Gasteiger partial charge in [-0.25, -0.2) is 0 Å². The van der Waals surface area contributed by atoms with Crippen LogP contribution in [0.4, 0.5) is 0 Å². The number of allylic oxidation sites excluding steroid dienone is 2. The normalized spacial score (nSPS) is 8.40. The van der Waals surface area contributed by atoms with Crippen LogP contribution >= 0.6 is 63.7 Å². The third kappa shape index (κ3) is 7.18. The van der Waals surface area contributed by atoms with Gasteiger partial charge in [0.1, 0.15) is 0 Å². The van der Waals surface area contributed by atoms with Crippen LogP contribution in [0.1, 0.15) is 0 Å². The van der Waals surface area contributed by atoms with Gasteiger partial charge >= 0.3 is 0 Å². The molecule has 0 N–H and O–H groups in total. The van der Waals surface area contributed by atoms with Crippen molar-refractivity contribution in [3.63, 3.8) is 0 Å². The van der Waals surface area contributed by atoms with Crippen molar-refractivity contribution in [3.05, 3.63) is 18.9 Å². The van der Waals surface area contributed by atoms with Crippen LogP contribution in [-0.4, -0.2) is 5.78 Å². The maximum absolute atomic E-state index is 10.8. The fraction of sp³-hybridized carbons (Fsp3) is 0. The zero-order valence-electron chi connectivity index (χ0n) is 4.57. The number of ketones is 1. The summed E-state index contributed by atoms with van der Waals surface area (Å²) in [5.74, 6) is -0.104. The summed E-state index contributed by atoms with van der Waals surface area (Å²) in [6, 6.07) is 0. The van der Waals surface area contributed by atoms with E-state index in [9.17, 15) is 4.79 Å². The van der Waals surface area contributed by atoms with Gasteiger partial charge in [0.05, 0.1) is 6.78 Å². The van der Waals surface area contributed by atoms with Gasteiger partial charge in [-0.2, -0.15) is 0 Å². The first kappa shape index (κ1) is 11.1. The molecule has 0 aromatic rings. The van der Waals surface area contributed by atoms with Crippen molar-refractivity contribution >= 4 is 69.5 Å². The van der Waals surface area contributed by atoms with Crippen LogP contribution in [0, 0.1) is 0 Å². The fourth-order valence-corrected chi connectivity index (χ4v) is 1.16. The smallest absolute Gasteiger partial charge is 0.181 e. The first-order valence-electron chi connectivity index (χ1n) is 2.11. The van der Waals surface area contributed by atoms with Crippen molar-refractivity contribution in [1.29, 1.82) is 0 Å². The Morgan fingerprint density at radius 3 is 1.40 bits per heavy atom. The van der Waals surface area contributed by atoms with Crippen molar-refractivity contribution in [2.24, 2.45) is 0 Å². The van der Waals surface area contributed by atoms with Gasteiger partial charge in [-0.1, -0.05) is 0 Å². The number of hydrogen-bond donors (Lipinski definition) is 0. The van der Waals surface area contributed by atoms with E-state index in [2.05, 4.69) is 63.7 Å². The standard InChI is InChI=1S/C5H2Br4O/c6-4(7)1-3(10)2-5(8)9/h1-2H. The Labute approximate surface area is 92.5 Å².